The lowest BCUT2D eigenvalue weighted by Gasteiger charge is -2.06. The third kappa shape index (κ3) is 3.61. The highest BCUT2D eigenvalue weighted by atomic mass is 79.9. The summed E-state index contributed by atoms with van der Waals surface area (Å²) in [5.74, 6) is 1.15. The van der Waals surface area contributed by atoms with Crippen molar-refractivity contribution >= 4 is 39.3 Å². The second-order valence-corrected chi connectivity index (χ2v) is 5.92. The molecular formula is C13H15BrN4OS. The van der Waals surface area contributed by atoms with Gasteiger partial charge in [-0.25, -0.2) is 0 Å². The van der Waals surface area contributed by atoms with Crippen LogP contribution in [-0.2, 0) is 18.3 Å². The summed E-state index contributed by atoms with van der Waals surface area (Å²) in [7, 11) is 1.91. The predicted molar refractivity (Wildman–Crippen MR) is 83.9 cm³/mol. The second kappa shape index (κ2) is 6.90. The van der Waals surface area contributed by atoms with E-state index in [1.807, 2.05) is 42.8 Å². The molecule has 0 atom stereocenters. The fourth-order valence-corrected chi connectivity index (χ4v) is 2.77. The van der Waals surface area contributed by atoms with E-state index in [1.165, 1.54) is 11.8 Å². The number of nitrogens with zero attached hydrogens (tertiary/aromatic N) is 3. The first kappa shape index (κ1) is 15.1. The van der Waals surface area contributed by atoms with Crippen LogP contribution < -0.4 is 5.32 Å². The van der Waals surface area contributed by atoms with Gasteiger partial charge in [0.25, 0.3) is 0 Å². The van der Waals surface area contributed by atoms with E-state index in [4.69, 9.17) is 0 Å². The van der Waals surface area contributed by atoms with E-state index >= 15 is 0 Å². The molecule has 20 heavy (non-hydrogen) atoms. The van der Waals surface area contributed by atoms with Gasteiger partial charge in [0, 0.05) is 17.9 Å². The van der Waals surface area contributed by atoms with Gasteiger partial charge in [-0.1, -0.05) is 30.8 Å². The maximum absolute atomic E-state index is 11.9. The highest BCUT2D eigenvalue weighted by Crippen LogP contribution is 2.22. The number of halogens is 1. The van der Waals surface area contributed by atoms with E-state index in [1.54, 1.807) is 0 Å². The van der Waals surface area contributed by atoms with Crippen molar-refractivity contribution in [2.24, 2.45) is 7.05 Å². The lowest BCUT2D eigenvalue weighted by molar-refractivity contribution is -0.113. The Hall–Kier alpha value is -1.34. The summed E-state index contributed by atoms with van der Waals surface area (Å²) in [5.41, 5.74) is 0.769. The summed E-state index contributed by atoms with van der Waals surface area (Å²) in [4.78, 5) is 11.9. The van der Waals surface area contributed by atoms with Crippen LogP contribution in [0.15, 0.2) is 33.9 Å². The number of aromatic nitrogens is 3. The number of rotatable bonds is 5. The van der Waals surface area contributed by atoms with Crippen LogP contribution in [0.2, 0.25) is 0 Å². The minimum absolute atomic E-state index is 0.0667. The molecule has 7 heteroatoms. The quantitative estimate of drug-likeness (QED) is 0.838. The number of hydrogen-bond donors (Lipinski definition) is 1. The van der Waals surface area contributed by atoms with Crippen molar-refractivity contribution in [1.29, 1.82) is 0 Å². The molecule has 0 aliphatic rings. The average Bonchev–Trinajstić information content (AvgIpc) is 2.79. The Kier molecular flexibility index (Phi) is 5.19. The third-order valence-corrected chi connectivity index (χ3v) is 4.43. The fourth-order valence-electron chi connectivity index (χ4n) is 1.66. The number of anilines is 1. The van der Waals surface area contributed by atoms with Crippen LogP contribution in [0.4, 0.5) is 5.69 Å². The Bertz CT molecular complexity index is 614. The molecule has 5 nitrogen and oxygen atoms in total. The van der Waals surface area contributed by atoms with Gasteiger partial charge >= 0.3 is 0 Å². The van der Waals surface area contributed by atoms with Crippen LogP contribution in [0.1, 0.15) is 12.7 Å². The highest BCUT2D eigenvalue weighted by Gasteiger charge is 2.11. The van der Waals surface area contributed by atoms with Crippen molar-refractivity contribution in [2.75, 3.05) is 11.1 Å². The molecule has 1 aromatic heterocycles. The highest BCUT2D eigenvalue weighted by molar-refractivity contribution is 9.10. The van der Waals surface area contributed by atoms with Crippen molar-refractivity contribution in [1.82, 2.24) is 14.8 Å². The zero-order valence-electron chi connectivity index (χ0n) is 11.3. The number of carbonyl (C=O) groups excluding carboxylic acids is 1. The summed E-state index contributed by atoms with van der Waals surface area (Å²) in [5, 5.41) is 11.7. The maximum atomic E-state index is 11.9. The molecule has 106 valence electrons. The minimum Gasteiger partial charge on any atom is -0.324 e. The number of carbonyl (C=O) groups is 1. The van der Waals surface area contributed by atoms with Crippen LogP contribution in [0, 0.1) is 0 Å². The molecule has 2 aromatic rings. The molecule has 1 N–H and O–H groups in total. The smallest absolute Gasteiger partial charge is 0.234 e. The van der Waals surface area contributed by atoms with Crippen LogP contribution in [0.3, 0.4) is 0 Å². The molecule has 0 saturated carbocycles. The van der Waals surface area contributed by atoms with Crippen LogP contribution >= 0.6 is 27.7 Å². The lowest BCUT2D eigenvalue weighted by Crippen LogP contribution is -2.14. The van der Waals surface area contributed by atoms with Crippen molar-refractivity contribution in [3.8, 4) is 0 Å². The molecule has 0 unspecified atom stereocenters. The molecule has 1 amide bonds. The van der Waals surface area contributed by atoms with Crippen molar-refractivity contribution < 1.29 is 4.79 Å². The number of benzene rings is 1. The number of hydrogen-bond acceptors (Lipinski definition) is 4. The number of para-hydroxylation sites is 1. The Balaban J connectivity index is 1.92. The van der Waals surface area contributed by atoms with Crippen LogP contribution in [-0.4, -0.2) is 26.4 Å². The number of nitrogens with one attached hydrogen (secondary N) is 1. The number of aryl methyl sites for hydroxylation is 1. The summed E-state index contributed by atoms with van der Waals surface area (Å²) in [6.07, 6.45) is 0.827. The zero-order valence-corrected chi connectivity index (χ0v) is 13.7. The largest absolute Gasteiger partial charge is 0.324 e. The molecule has 1 aromatic carbocycles. The van der Waals surface area contributed by atoms with E-state index in [-0.39, 0.29) is 5.91 Å². The van der Waals surface area contributed by atoms with Crippen molar-refractivity contribution in [2.45, 2.75) is 18.5 Å². The number of thioether (sulfide) groups is 1. The zero-order chi connectivity index (χ0) is 14.5. The summed E-state index contributed by atoms with van der Waals surface area (Å²) < 4.78 is 2.78. The SMILES string of the molecule is CCc1nnc(SCC(=O)Nc2ccccc2Br)n1C. The summed E-state index contributed by atoms with van der Waals surface area (Å²) in [6, 6.07) is 7.52. The summed E-state index contributed by atoms with van der Waals surface area (Å²) in [6.45, 7) is 2.03. The Morgan fingerprint density at radius 2 is 2.15 bits per heavy atom. The van der Waals surface area contributed by atoms with Gasteiger partial charge in [0.05, 0.1) is 11.4 Å². The molecular weight excluding hydrogens is 340 g/mol. The van der Waals surface area contributed by atoms with E-state index < -0.39 is 0 Å². The Morgan fingerprint density at radius 1 is 1.40 bits per heavy atom. The van der Waals surface area contributed by atoms with Gasteiger partial charge < -0.3 is 9.88 Å². The molecule has 2 rings (SSSR count). The van der Waals surface area contributed by atoms with Gasteiger partial charge in [-0.3, -0.25) is 4.79 Å². The van der Waals surface area contributed by atoms with Gasteiger partial charge in [-0.05, 0) is 28.1 Å². The molecule has 1 heterocycles. The Morgan fingerprint density at radius 3 is 2.80 bits per heavy atom. The van der Waals surface area contributed by atoms with E-state index in [0.717, 1.165) is 27.6 Å². The van der Waals surface area contributed by atoms with Gasteiger partial charge in [-0.2, -0.15) is 0 Å². The topological polar surface area (TPSA) is 59.8 Å². The molecule has 0 bridgehead atoms. The standard InChI is InChI=1S/C13H15BrN4OS/c1-3-11-16-17-13(18(11)2)20-8-12(19)15-10-7-5-4-6-9(10)14/h4-7H,3,8H2,1-2H3,(H,15,19). The summed E-state index contributed by atoms with van der Waals surface area (Å²) >= 11 is 4.78. The lowest BCUT2D eigenvalue weighted by atomic mass is 10.3. The van der Waals surface area contributed by atoms with E-state index in [2.05, 4.69) is 31.4 Å². The molecule has 0 spiro atoms. The first-order chi connectivity index (χ1) is 9.61. The Labute approximate surface area is 130 Å². The molecule has 0 aliphatic carbocycles. The second-order valence-electron chi connectivity index (χ2n) is 4.13. The molecule has 0 radical (unpaired) electrons. The van der Waals surface area contributed by atoms with Gasteiger partial charge in [0.2, 0.25) is 5.91 Å². The molecule has 0 saturated heterocycles. The number of amides is 1. The van der Waals surface area contributed by atoms with E-state index in [0.29, 0.717) is 5.75 Å². The van der Waals surface area contributed by atoms with Crippen molar-refractivity contribution in [3.63, 3.8) is 0 Å². The fraction of sp³-hybridized carbons (Fsp3) is 0.308. The van der Waals surface area contributed by atoms with E-state index in [9.17, 15) is 4.79 Å². The van der Waals surface area contributed by atoms with Crippen LogP contribution in [0.25, 0.3) is 0 Å². The monoisotopic (exact) mass is 354 g/mol. The maximum Gasteiger partial charge on any atom is 0.234 e. The normalized spacial score (nSPS) is 10.6. The van der Waals surface area contributed by atoms with Gasteiger partial charge in [-0.15, -0.1) is 10.2 Å². The predicted octanol–water partition coefficient (Wildman–Crippen LogP) is 2.87. The minimum atomic E-state index is -0.0667. The van der Waals surface area contributed by atoms with Gasteiger partial charge in [0.1, 0.15) is 5.82 Å². The first-order valence-corrected chi connectivity index (χ1v) is 7.95. The van der Waals surface area contributed by atoms with Gasteiger partial charge in [0.15, 0.2) is 5.16 Å². The molecule has 0 aliphatic heterocycles. The molecule has 0 fully saturated rings. The van der Waals surface area contributed by atoms with Crippen molar-refractivity contribution in [3.05, 3.63) is 34.6 Å². The average molecular weight is 355 g/mol. The van der Waals surface area contributed by atoms with Crippen LogP contribution in [0.5, 0.6) is 0 Å². The first-order valence-electron chi connectivity index (χ1n) is 6.17. The third-order valence-electron chi connectivity index (χ3n) is 2.72.